The second kappa shape index (κ2) is 7.46. The highest BCUT2D eigenvalue weighted by molar-refractivity contribution is 9.10. The van der Waals surface area contributed by atoms with Crippen LogP contribution >= 0.6 is 27.5 Å². The first-order chi connectivity index (χ1) is 9.63. The Bertz CT molecular complexity index is 472. The fraction of sp³-hybridized carbons (Fsp3) is 0.562. The van der Waals surface area contributed by atoms with Crippen molar-refractivity contribution in [3.63, 3.8) is 0 Å². The predicted molar refractivity (Wildman–Crippen MR) is 87.5 cm³/mol. The van der Waals surface area contributed by atoms with Gasteiger partial charge in [0.1, 0.15) is 0 Å². The molecule has 0 spiro atoms. The van der Waals surface area contributed by atoms with Gasteiger partial charge in [-0.05, 0) is 37.5 Å². The van der Waals surface area contributed by atoms with Crippen LogP contribution in [-0.2, 0) is 0 Å². The number of hydrogen-bond donors (Lipinski definition) is 0. The molecule has 1 fully saturated rings. The number of carbonyl (C=O) groups excluding carboxylic acids is 1. The Kier molecular flexibility index (Phi) is 5.91. The number of nitrogens with zero attached hydrogens (tertiary/aromatic N) is 1. The molecule has 1 amide bonds. The van der Waals surface area contributed by atoms with E-state index in [2.05, 4.69) is 15.9 Å². The van der Waals surface area contributed by atoms with E-state index in [1.807, 2.05) is 30.0 Å². The molecule has 20 heavy (non-hydrogen) atoms. The first-order valence-corrected chi connectivity index (χ1v) is 8.59. The summed E-state index contributed by atoms with van der Waals surface area (Å²) in [7, 11) is 0. The summed E-state index contributed by atoms with van der Waals surface area (Å²) in [4.78, 5) is 14.8. The van der Waals surface area contributed by atoms with Crippen LogP contribution in [0.1, 0.15) is 48.0 Å². The zero-order valence-corrected chi connectivity index (χ0v) is 14.2. The number of carbonyl (C=O) groups is 1. The van der Waals surface area contributed by atoms with Crippen LogP contribution in [0.25, 0.3) is 0 Å². The molecule has 0 aliphatic heterocycles. The summed E-state index contributed by atoms with van der Waals surface area (Å²) in [5.74, 6) is 0.617. The quantitative estimate of drug-likeness (QED) is 0.710. The Morgan fingerprint density at radius 1 is 1.35 bits per heavy atom. The van der Waals surface area contributed by atoms with Crippen molar-refractivity contribution in [2.24, 2.45) is 0 Å². The third kappa shape index (κ3) is 3.76. The Morgan fingerprint density at radius 3 is 2.70 bits per heavy atom. The summed E-state index contributed by atoms with van der Waals surface area (Å²) in [6, 6.07) is 6.23. The molecule has 2 rings (SSSR count). The van der Waals surface area contributed by atoms with Crippen LogP contribution in [-0.4, -0.2) is 29.3 Å². The van der Waals surface area contributed by atoms with Gasteiger partial charge < -0.3 is 4.90 Å². The Balaban J connectivity index is 2.23. The molecule has 1 aliphatic carbocycles. The van der Waals surface area contributed by atoms with E-state index in [4.69, 9.17) is 11.6 Å². The first kappa shape index (κ1) is 15.8. The van der Waals surface area contributed by atoms with Gasteiger partial charge >= 0.3 is 0 Å². The number of hydrogen-bond acceptors (Lipinski definition) is 1. The third-order valence-corrected chi connectivity index (χ3v) is 4.69. The average Bonchev–Trinajstić information content (AvgIpc) is 2.47. The van der Waals surface area contributed by atoms with E-state index in [0.717, 1.165) is 28.4 Å². The number of benzene rings is 1. The maximum Gasteiger partial charge on any atom is 0.254 e. The highest BCUT2D eigenvalue weighted by Crippen LogP contribution is 2.25. The molecular weight excluding hydrogens is 338 g/mol. The average molecular weight is 359 g/mol. The van der Waals surface area contributed by atoms with Gasteiger partial charge in [-0.25, -0.2) is 0 Å². The van der Waals surface area contributed by atoms with Crippen molar-refractivity contribution < 1.29 is 4.79 Å². The van der Waals surface area contributed by atoms with E-state index in [-0.39, 0.29) is 5.91 Å². The number of alkyl halides is 1. The topological polar surface area (TPSA) is 20.3 Å². The third-order valence-electron chi connectivity index (χ3n) is 4.03. The molecule has 0 aromatic heterocycles. The van der Waals surface area contributed by atoms with Crippen LogP contribution in [0.3, 0.4) is 0 Å². The van der Waals surface area contributed by atoms with Crippen molar-refractivity contribution in [3.05, 3.63) is 33.8 Å². The van der Waals surface area contributed by atoms with E-state index >= 15 is 0 Å². The van der Waals surface area contributed by atoms with Gasteiger partial charge in [0.15, 0.2) is 0 Å². The fourth-order valence-electron chi connectivity index (χ4n) is 2.91. The van der Waals surface area contributed by atoms with Crippen LogP contribution in [0.15, 0.2) is 22.7 Å². The molecule has 0 N–H and O–H groups in total. The predicted octanol–water partition coefficient (Wildman–Crippen LogP) is 4.77. The zero-order valence-electron chi connectivity index (χ0n) is 11.9. The highest BCUT2D eigenvalue weighted by Gasteiger charge is 2.26. The van der Waals surface area contributed by atoms with Gasteiger partial charge in [0.2, 0.25) is 0 Å². The summed E-state index contributed by atoms with van der Waals surface area (Å²) < 4.78 is 0.945. The van der Waals surface area contributed by atoms with Gasteiger partial charge in [0.25, 0.3) is 5.91 Å². The minimum absolute atomic E-state index is 0.122. The van der Waals surface area contributed by atoms with E-state index in [0.29, 0.717) is 18.5 Å². The first-order valence-electron chi connectivity index (χ1n) is 7.26. The normalized spacial score (nSPS) is 16.1. The lowest BCUT2D eigenvalue weighted by Gasteiger charge is -2.34. The van der Waals surface area contributed by atoms with E-state index in [9.17, 15) is 4.79 Å². The molecule has 1 aromatic rings. The summed E-state index contributed by atoms with van der Waals surface area (Å²) in [5.41, 5.74) is 1.81. The summed E-state index contributed by atoms with van der Waals surface area (Å²) in [6.45, 7) is 2.62. The second-order valence-corrected chi connectivity index (χ2v) is 6.73. The van der Waals surface area contributed by atoms with Crippen molar-refractivity contribution in [2.75, 3.05) is 12.4 Å². The van der Waals surface area contributed by atoms with Gasteiger partial charge in [-0.2, -0.15) is 0 Å². The molecular formula is C16H21BrClNO. The smallest absolute Gasteiger partial charge is 0.254 e. The van der Waals surface area contributed by atoms with Crippen LogP contribution in [0.4, 0.5) is 0 Å². The number of aryl methyl sites for hydroxylation is 1. The molecule has 1 aromatic carbocycles. The van der Waals surface area contributed by atoms with E-state index < -0.39 is 0 Å². The van der Waals surface area contributed by atoms with Gasteiger partial charge in [-0.15, -0.1) is 11.6 Å². The number of halogens is 2. The van der Waals surface area contributed by atoms with Crippen LogP contribution in [0.5, 0.6) is 0 Å². The lowest BCUT2D eigenvalue weighted by atomic mass is 9.93. The molecule has 2 nitrogen and oxygen atoms in total. The fourth-order valence-corrected chi connectivity index (χ4v) is 3.46. The van der Waals surface area contributed by atoms with Crippen LogP contribution in [0, 0.1) is 6.92 Å². The lowest BCUT2D eigenvalue weighted by Crippen LogP contribution is -2.42. The summed E-state index contributed by atoms with van der Waals surface area (Å²) in [5, 5.41) is 0. The van der Waals surface area contributed by atoms with Gasteiger partial charge in [0.05, 0.1) is 0 Å². The molecule has 0 heterocycles. The maximum atomic E-state index is 12.9. The molecule has 110 valence electrons. The van der Waals surface area contributed by atoms with Gasteiger partial charge in [0, 0.05) is 28.5 Å². The molecule has 0 atom stereocenters. The number of amides is 1. The van der Waals surface area contributed by atoms with Crippen molar-refractivity contribution in [1.82, 2.24) is 4.90 Å². The molecule has 0 unspecified atom stereocenters. The molecule has 4 heteroatoms. The van der Waals surface area contributed by atoms with E-state index in [1.165, 1.54) is 19.3 Å². The Morgan fingerprint density at radius 2 is 2.05 bits per heavy atom. The Hall–Kier alpha value is -0.540. The largest absolute Gasteiger partial charge is 0.334 e. The second-order valence-electron chi connectivity index (χ2n) is 5.44. The minimum Gasteiger partial charge on any atom is -0.334 e. The SMILES string of the molecule is Cc1ccc(Br)cc1C(=O)N(CCCl)C1CCCCC1. The van der Waals surface area contributed by atoms with Crippen LogP contribution in [0.2, 0.25) is 0 Å². The molecule has 0 radical (unpaired) electrons. The van der Waals surface area contributed by atoms with Crippen molar-refractivity contribution in [1.29, 1.82) is 0 Å². The van der Waals surface area contributed by atoms with Gasteiger partial charge in [-0.1, -0.05) is 41.3 Å². The standard InChI is InChI=1S/C16H21BrClNO/c1-12-7-8-13(17)11-15(12)16(20)19(10-9-18)14-5-3-2-4-6-14/h7-8,11,14H,2-6,9-10H2,1H3. The van der Waals surface area contributed by atoms with E-state index in [1.54, 1.807) is 0 Å². The molecule has 1 aliphatic rings. The lowest BCUT2D eigenvalue weighted by molar-refractivity contribution is 0.0649. The summed E-state index contributed by atoms with van der Waals surface area (Å²) >= 11 is 9.37. The molecule has 0 bridgehead atoms. The summed E-state index contributed by atoms with van der Waals surface area (Å²) in [6.07, 6.45) is 5.93. The Labute approximate surface area is 134 Å². The van der Waals surface area contributed by atoms with Crippen LogP contribution < -0.4 is 0 Å². The molecule has 1 saturated carbocycles. The van der Waals surface area contributed by atoms with Crippen molar-refractivity contribution in [2.45, 2.75) is 45.1 Å². The maximum absolute atomic E-state index is 12.9. The van der Waals surface area contributed by atoms with Gasteiger partial charge in [-0.3, -0.25) is 4.79 Å². The van der Waals surface area contributed by atoms with Crippen molar-refractivity contribution in [3.8, 4) is 0 Å². The zero-order chi connectivity index (χ0) is 14.5. The monoisotopic (exact) mass is 357 g/mol. The minimum atomic E-state index is 0.122. The highest BCUT2D eigenvalue weighted by atomic mass is 79.9. The number of rotatable bonds is 4. The molecule has 0 saturated heterocycles. The van der Waals surface area contributed by atoms with Crippen molar-refractivity contribution >= 4 is 33.4 Å².